The van der Waals surface area contributed by atoms with Gasteiger partial charge in [0.2, 0.25) is 21.7 Å². The van der Waals surface area contributed by atoms with E-state index in [-0.39, 0.29) is 28.1 Å². The minimum atomic E-state index is -3.90. The standard InChI is InChI=1S/C17H16ClN3O5S/c1-24-13-5-3-4-11(8-13)17-20-16(26-21-17)10-19-27(22,23)15-9-12(18)6-7-14(15)25-2/h3-9,19H,10H2,1-2H3. The van der Waals surface area contributed by atoms with Gasteiger partial charge in [0.15, 0.2) is 0 Å². The van der Waals surface area contributed by atoms with Crippen molar-refractivity contribution in [2.24, 2.45) is 0 Å². The zero-order valence-electron chi connectivity index (χ0n) is 14.5. The average Bonchev–Trinajstić information content (AvgIpc) is 3.16. The molecule has 1 N–H and O–H groups in total. The monoisotopic (exact) mass is 409 g/mol. The Morgan fingerprint density at radius 3 is 2.70 bits per heavy atom. The highest BCUT2D eigenvalue weighted by Gasteiger charge is 2.21. The molecule has 0 fully saturated rings. The molecule has 0 aliphatic rings. The summed E-state index contributed by atoms with van der Waals surface area (Å²) in [4.78, 5) is 4.12. The van der Waals surface area contributed by atoms with Gasteiger partial charge in [0, 0.05) is 10.6 Å². The van der Waals surface area contributed by atoms with Gasteiger partial charge in [0.1, 0.15) is 16.4 Å². The van der Waals surface area contributed by atoms with Crippen LogP contribution in [0.3, 0.4) is 0 Å². The summed E-state index contributed by atoms with van der Waals surface area (Å²) >= 11 is 5.89. The molecular weight excluding hydrogens is 394 g/mol. The molecule has 0 radical (unpaired) electrons. The van der Waals surface area contributed by atoms with Gasteiger partial charge < -0.3 is 14.0 Å². The van der Waals surface area contributed by atoms with Gasteiger partial charge in [0.05, 0.1) is 20.8 Å². The second kappa shape index (κ2) is 7.95. The van der Waals surface area contributed by atoms with Crippen LogP contribution in [0.4, 0.5) is 0 Å². The topological polar surface area (TPSA) is 104 Å². The van der Waals surface area contributed by atoms with Gasteiger partial charge in [-0.25, -0.2) is 13.1 Å². The predicted molar refractivity (Wildman–Crippen MR) is 98.3 cm³/mol. The molecule has 10 heteroatoms. The number of hydrogen-bond donors (Lipinski definition) is 1. The van der Waals surface area contributed by atoms with Gasteiger partial charge in [-0.2, -0.15) is 4.98 Å². The molecule has 1 aromatic heterocycles. The molecule has 0 amide bonds. The normalized spacial score (nSPS) is 11.4. The SMILES string of the molecule is COc1cccc(-c2noc(CNS(=O)(=O)c3cc(Cl)ccc3OC)n2)c1. The lowest BCUT2D eigenvalue weighted by atomic mass is 10.2. The maximum absolute atomic E-state index is 12.5. The van der Waals surface area contributed by atoms with Crippen LogP contribution in [0.2, 0.25) is 5.02 Å². The van der Waals surface area contributed by atoms with E-state index in [1.54, 1.807) is 31.4 Å². The number of nitrogens with zero attached hydrogens (tertiary/aromatic N) is 2. The van der Waals surface area contributed by atoms with E-state index in [2.05, 4.69) is 14.9 Å². The molecule has 8 nitrogen and oxygen atoms in total. The lowest BCUT2D eigenvalue weighted by Crippen LogP contribution is -2.24. The Bertz CT molecular complexity index is 1050. The van der Waals surface area contributed by atoms with Crippen LogP contribution in [0.15, 0.2) is 51.9 Å². The van der Waals surface area contributed by atoms with Crippen molar-refractivity contribution in [3.8, 4) is 22.9 Å². The van der Waals surface area contributed by atoms with Crippen molar-refractivity contribution in [3.05, 3.63) is 53.4 Å². The zero-order valence-corrected chi connectivity index (χ0v) is 16.0. The van der Waals surface area contributed by atoms with Crippen molar-refractivity contribution in [1.82, 2.24) is 14.9 Å². The Labute approximate surface area is 161 Å². The fourth-order valence-corrected chi connectivity index (χ4v) is 3.71. The molecule has 142 valence electrons. The van der Waals surface area contributed by atoms with Gasteiger partial charge in [-0.3, -0.25) is 0 Å². The second-order valence-corrected chi connectivity index (χ2v) is 7.54. The highest BCUT2D eigenvalue weighted by Crippen LogP contribution is 2.27. The molecule has 27 heavy (non-hydrogen) atoms. The third kappa shape index (κ3) is 4.38. The summed E-state index contributed by atoms with van der Waals surface area (Å²) in [5, 5.41) is 4.13. The fourth-order valence-electron chi connectivity index (χ4n) is 2.30. The molecular formula is C17H16ClN3O5S. The first-order valence-electron chi connectivity index (χ1n) is 7.73. The van der Waals surface area contributed by atoms with Crippen LogP contribution in [0.5, 0.6) is 11.5 Å². The van der Waals surface area contributed by atoms with E-state index in [9.17, 15) is 8.42 Å². The first-order valence-corrected chi connectivity index (χ1v) is 9.59. The van der Waals surface area contributed by atoms with E-state index in [0.717, 1.165) is 0 Å². The summed E-state index contributed by atoms with van der Waals surface area (Å²) in [6, 6.07) is 11.4. The second-order valence-electron chi connectivity index (χ2n) is 5.36. The number of benzene rings is 2. The Kier molecular flexibility index (Phi) is 5.64. The van der Waals surface area contributed by atoms with E-state index >= 15 is 0 Å². The number of rotatable bonds is 7. The molecule has 2 aromatic carbocycles. The lowest BCUT2D eigenvalue weighted by molar-refractivity contribution is 0.375. The van der Waals surface area contributed by atoms with Crippen molar-refractivity contribution in [1.29, 1.82) is 0 Å². The number of methoxy groups -OCH3 is 2. The summed E-state index contributed by atoms with van der Waals surface area (Å²) in [6.07, 6.45) is 0. The minimum absolute atomic E-state index is 0.0787. The van der Waals surface area contributed by atoms with Gasteiger partial charge >= 0.3 is 0 Å². The van der Waals surface area contributed by atoms with E-state index in [0.29, 0.717) is 17.1 Å². The third-order valence-corrected chi connectivity index (χ3v) is 5.28. The van der Waals surface area contributed by atoms with Gasteiger partial charge in [-0.05, 0) is 30.3 Å². The molecule has 0 bridgehead atoms. The number of nitrogens with one attached hydrogen (secondary N) is 1. The number of halogens is 1. The van der Waals surface area contributed by atoms with Crippen molar-refractivity contribution >= 4 is 21.6 Å². The molecule has 0 aliphatic heterocycles. The smallest absolute Gasteiger partial charge is 0.244 e. The summed E-state index contributed by atoms with van der Waals surface area (Å²) in [5.74, 6) is 1.25. The van der Waals surface area contributed by atoms with Crippen LogP contribution in [0, 0.1) is 0 Å². The van der Waals surface area contributed by atoms with Gasteiger partial charge in [-0.15, -0.1) is 0 Å². The number of ether oxygens (including phenoxy) is 2. The van der Waals surface area contributed by atoms with Gasteiger partial charge in [-0.1, -0.05) is 28.9 Å². The Morgan fingerprint density at radius 2 is 1.96 bits per heavy atom. The van der Waals surface area contributed by atoms with Crippen LogP contribution < -0.4 is 14.2 Å². The molecule has 1 heterocycles. The molecule has 0 saturated heterocycles. The molecule has 3 aromatic rings. The summed E-state index contributed by atoms with van der Waals surface area (Å²) in [6.45, 7) is -0.186. The third-order valence-electron chi connectivity index (χ3n) is 3.62. The highest BCUT2D eigenvalue weighted by molar-refractivity contribution is 7.89. The van der Waals surface area contributed by atoms with Crippen molar-refractivity contribution in [2.45, 2.75) is 11.4 Å². The van der Waals surface area contributed by atoms with Crippen LogP contribution in [-0.4, -0.2) is 32.8 Å². The van der Waals surface area contributed by atoms with Crippen LogP contribution >= 0.6 is 11.6 Å². The Morgan fingerprint density at radius 1 is 1.15 bits per heavy atom. The van der Waals surface area contributed by atoms with E-state index in [4.69, 9.17) is 25.6 Å². The van der Waals surface area contributed by atoms with E-state index in [1.165, 1.54) is 25.3 Å². The summed E-state index contributed by atoms with van der Waals surface area (Å²) in [7, 11) is -0.966. The van der Waals surface area contributed by atoms with Gasteiger partial charge in [0.25, 0.3) is 0 Å². The van der Waals surface area contributed by atoms with Crippen LogP contribution in [0.25, 0.3) is 11.4 Å². The van der Waals surface area contributed by atoms with Crippen molar-refractivity contribution in [2.75, 3.05) is 14.2 Å². The minimum Gasteiger partial charge on any atom is -0.497 e. The molecule has 0 spiro atoms. The summed E-state index contributed by atoms with van der Waals surface area (Å²) in [5.41, 5.74) is 0.684. The molecule has 0 aliphatic carbocycles. The average molecular weight is 410 g/mol. The van der Waals surface area contributed by atoms with E-state index < -0.39 is 10.0 Å². The number of aromatic nitrogens is 2. The molecule has 0 atom stereocenters. The number of hydrogen-bond acceptors (Lipinski definition) is 7. The Balaban J connectivity index is 1.77. The van der Waals surface area contributed by atoms with Crippen molar-refractivity contribution < 1.29 is 22.4 Å². The molecule has 0 saturated carbocycles. The Hall–Kier alpha value is -2.62. The fraction of sp³-hybridized carbons (Fsp3) is 0.176. The molecule has 0 unspecified atom stereocenters. The highest BCUT2D eigenvalue weighted by atomic mass is 35.5. The summed E-state index contributed by atoms with van der Waals surface area (Å²) < 4.78 is 42.8. The van der Waals surface area contributed by atoms with Crippen LogP contribution in [0.1, 0.15) is 5.89 Å². The lowest BCUT2D eigenvalue weighted by Gasteiger charge is -2.09. The van der Waals surface area contributed by atoms with E-state index in [1.807, 2.05) is 0 Å². The maximum atomic E-state index is 12.5. The number of sulfonamides is 1. The predicted octanol–water partition coefficient (Wildman–Crippen LogP) is 2.89. The zero-order chi connectivity index (χ0) is 19.4. The largest absolute Gasteiger partial charge is 0.497 e. The van der Waals surface area contributed by atoms with Crippen molar-refractivity contribution in [3.63, 3.8) is 0 Å². The quantitative estimate of drug-likeness (QED) is 0.639. The first-order chi connectivity index (χ1) is 12.9. The first kappa shape index (κ1) is 19.2. The maximum Gasteiger partial charge on any atom is 0.244 e. The molecule has 3 rings (SSSR count). The van der Waals surface area contributed by atoms with Crippen LogP contribution in [-0.2, 0) is 16.6 Å².